The number of carbonyl (C=O) groups excluding carboxylic acids is 3. The maximum absolute atomic E-state index is 13.5. The molecule has 0 radical (unpaired) electrons. The highest BCUT2D eigenvalue weighted by Crippen LogP contribution is 2.27. The zero-order valence-electron chi connectivity index (χ0n) is 21.7. The SMILES string of the molecule is Cc1cccc(NC(=O)C2CCCN(C(=O)c3cccn3C3CCN(C(=O)OC(C)(C)C)CC3)C2)n1. The largest absolute Gasteiger partial charge is 0.444 e. The third kappa shape index (κ3) is 6.25. The van der Waals surface area contributed by atoms with Crippen molar-refractivity contribution in [1.82, 2.24) is 19.4 Å². The van der Waals surface area contributed by atoms with Crippen molar-refractivity contribution >= 4 is 23.7 Å². The highest BCUT2D eigenvalue weighted by molar-refractivity contribution is 5.95. The van der Waals surface area contributed by atoms with Crippen LogP contribution in [0.4, 0.5) is 10.6 Å². The highest BCUT2D eigenvalue weighted by Gasteiger charge is 2.32. The molecule has 0 bridgehead atoms. The molecule has 36 heavy (non-hydrogen) atoms. The first-order chi connectivity index (χ1) is 17.1. The summed E-state index contributed by atoms with van der Waals surface area (Å²) in [7, 11) is 0. The molecule has 194 valence electrons. The Morgan fingerprint density at radius 1 is 1.00 bits per heavy atom. The van der Waals surface area contributed by atoms with Crippen LogP contribution < -0.4 is 5.32 Å². The predicted molar refractivity (Wildman–Crippen MR) is 137 cm³/mol. The van der Waals surface area contributed by atoms with Gasteiger partial charge in [0.25, 0.3) is 5.91 Å². The van der Waals surface area contributed by atoms with Crippen LogP contribution >= 0.6 is 0 Å². The number of pyridine rings is 1. The minimum Gasteiger partial charge on any atom is -0.444 e. The van der Waals surface area contributed by atoms with Crippen molar-refractivity contribution in [2.75, 3.05) is 31.5 Å². The molecule has 0 saturated carbocycles. The van der Waals surface area contributed by atoms with Crippen molar-refractivity contribution in [2.45, 2.75) is 65.0 Å². The summed E-state index contributed by atoms with van der Waals surface area (Å²) in [5, 5.41) is 2.90. The fourth-order valence-corrected chi connectivity index (χ4v) is 4.93. The lowest BCUT2D eigenvalue weighted by Gasteiger charge is -2.35. The van der Waals surface area contributed by atoms with Gasteiger partial charge in [-0.3, -0.25) is 9.59 Å². The van der Waals surface area contributed by atoms with Crippen LogP contribution in [-0.2, 0) is 9.53 Å². The molecule has 3 amide bonds. The summed E-state index contributed by atoms with van der Waals surface area (Å²) < 4.78 is 7.54. The van der Waals surface area contributed by atoms with Crippen LogP contribution in [0.1, 0.15) is 68.7 Å². The van der Waals surface area contributed by atoms with E-state index in [1.54, 1.807) is 15.9 Å². The normalized spacial score (nSPS) is 19.2. The average Bonchev–Trinajstić information content (AvgIpc) is 3.33. The number of aryl methyl sites for hydroxylation is 1. The lowest BCUT2D eigenvalue weighted by Crippen LogP contribution is -2.45. The predicted octanol–water partition coefficient (Wildman–Crippen LogP) is 4.25. The fourth-order valence-electron chi connectivity index (χ4n) is 4.93. The molecule has 4 heterocycles. The van der Waals surface area contributed by atoms with Crippen molar-refractivity contribution in [2.24, 2.45) is 5.92 Å². The number of hydrogen-bond donors (Lipinski definition) is 1. The molecule has 1 unspecified atom stereocenters. The fraction of sp³-hybridized carbons (Fsp3) is 0.556. The minimum absolute atomic E-state index is 0.0549. The summed E-state index contributed by atoms with van der Waals surface area (Å²) in [5.74, 6) is 0.108. The van der Waals surface area contributed by atoms with Crippen molar-refractivity contribution in [3.63, 3.8) is 0 Å². The van der Waals surface area contributed by atoms with Gasteiger partial charge < -0.3 is 24.4 Å². The molecule has 2 saturated heterocycles. The zero-order valence-corrected chi connectivity index (χ0v) is 21.7. The van der Waals surface area contributed by atoms with E-state index in [-0.39, 0.29) is 29.9 Å². The van der Waals surface area contributed by atoms with Crippen molar-refractivity contribution < 1.29 is 19.1 Å². The summed E-state index contributed by atoms with van der Waals surface area (Å²) in [6.45, 7) is 9.67. The highest BCUT2D eigenvalue weighted by atomic mass is 16.6. The van der Waals surface area contributed by atoms with Gasteiger partial charge >= 0.3 is 6.09 Å². The number of ether oxygens (including phenoxy) is 1. The topological polar surface area (TPSA) is 96.8 Å². The van der Waals surface area contributed by atoms with Crippen LogP contribution in [0.2, 0.25) is 0 Å². The molecule has 0 aliphatic carbocycles. The second-order valence-corrected chi connectivity index (χ2v) is 10.7. The van der Waals surface area contributed by atoms with Crippen LogP contribution in [0.25, 0.3) is 0 Å². The van der Waals surface area contributed by atoms with Gasteiger partial charge in [-0.05, 0) is 77.6 Å². The number of rotatable bonds is 4. The number of piperidine rings is 2. The molecule has 2 aromatic heterocycles. The van der Waals surface area contributed by atoms with Crippen LogP contribution in [0.3, 0.4) is 0 Å². The summed E-state index contributed by atoms with van der Waals surface area (Å²) in [5.41, 5.74) is 0.950. The van der Waals surface area contributed by atoms with Crippen LogP contribution in [0.5, 0.6) is 0 Å². The Hall–Kier alpha value is -3.36. The molecule has 0 spiro atoms. The van der Waals surface area contributed by atoms with E-state index in [0.717, 1.165) is 31.4 Å². The average molecular weight is 496 g/mol. The molecular weight excluding hydrogens is 458 g/mol. The Bertz CT molecular complexity index is 1100. The van der Waals surface area contributed by atoms with E-state index < -0.39 is 5.60 Å². The Balaban J connectivity index is 1.36. The van der Waals surface area contributed by atoms with Gasteiger partial charge in [-0.1, -0.05) is 6.07 Å². The van der Waals surface area contributed by atoms with E-state index in [1.807, 2.05) is 62.7 Å². The van der Waals surface area contributed by atoms with Gasteiger partial charge in [-0.2, -0.15) is 0 Å². The van der Waals surface area contributed by atoms with Gasteiger partial charge in [0.1, 0.15) is 17.1 Å². The Morgan fingerprint density at radius 3 is 2.44 bits per heavy atom. The number of hydrogen-bond acceptors (Lipinski definition) is 5. The molecule has 1 atom stereocenters. The number of nitrogens with zero attached hydrogens (tertiary/aromatic N) is 4. The molecule has 2 aliphatic rings. The first-order valence-corrected chi connectivity index (χ1v) is 12.8. The quantitative estimate of drug-likeness (QED) is 0.684. The monoisotopic (exact) mass is 495 g/mol. The molecule has 0 aromatic carbocycles. The van der Waals surface area contributed by atoms with Gasteiger partial charge in [-0.15, -0.1) is 0 Å². The van der Waals surface area contributed by atoms with Crippen LogP contribution in [0.15, 0.2) is 36.5 Å². The smallest absolute Gasteiger partial charge is 0.410 e. The number of carbonyl (C=O) groups is 3. The molecule has 4 rings (SSSR count). The van der Waals surface area contributed by atoms with E-state index in [1.165, 1.54) is 0 Å². The number of anilines is 1. The number of amides is 3. The molecule has 2 aliphatic heterocycles. The van der Waals surface area contributed by atoms with Gasteiger partial charge in [0.15, 0.2) is 0 Å². The first-order valence-electron chi connectivity index (χ1n) is 12.8. The summed E-state index contributed by atoms with van der Waals surface area (Å²) in [4.78, 5) is 46.7. The van der Waals surface area contributed by atoms with Crippen LogP contribution in [0, 0.1) is 12.8 Å². The number of likely N-dealkylation sites (tertiary alicyclic amines) is 2. The summed E-state index contributed by atoms with van der Waals surface area (Å²) in [6.07, 6.45) is 4.68. The zero-order chi connectivity index (χ0) is 25.9. The maximum atomic E-state index is 13.5. The summed E-state index contributed by atoms with van der Waals surface area (Å²) in [6, 6.07) is 9.40. The minimum atomic E-state index is -0.520. The second-order valence-electron chi connectivity index (χ2n) is 10.7. The lowest BCUT2D eigenvalue weighted by atomic mass is 9.96. The Kier molecular flexibility index (Phi) is 7.66. The molecule has 9 nitrogen and oxygen atoms in total. The van der Waals surface area contributed by atoms with E-state index in [4.69, 9.17) is 4.74 Å². The third-order valence-electron chi connectivity index (χ3n) is 6.73. The van der Waals surface area contributed by atoms with Gasteiger partial charge in [0, 0.05) is 44.1 Å². The van der Waals surface area contributed by atoms with Gasteiger partial charge in [0.05, 0.1) is 5.92 Å². The molecule has 1 N–H and O–H groups in total. The van der Waals surface area contributed by atoms with E-state index >= 15 is 0 Å². The molecular formula is C27H37N5O4. The summed E-state index contributed by atoms with van der Waals surface area (Å²) >= 11 is 0. The van der Waals surface area contributed by atoms with E-state index in [0.29, 0.717) is 37.7 Å². The van der Waals surface area contributed by atoms with E-state index in [9.17, 15) is 14.4 Å². The van der Waals surface area contributed by atoms with Gasteiger partial charge in [-0.25, -0.2) is 9.78 Å². The van der Waals surface area contributed by atoms with Crippen molar-refractivity contribution in [3.05, 3.63) is 47.9 Å². The number of nitrogens with one attached hydrogen (secondary N) is 1. The lowest BCUT2D eigenvalue weighted by molar-refractivity contribution is -0.121. The van der Waals surface area contributed by atoms with E-state index in [2.05, 4.69) is 10.3 Å². The third-order valence-corrected chi connectivity index (χ3v) is 6.73. The maximum Gasteiger partial charge on any atom is 0.410 e. The van der Waals surface area contributed by atoms with Crippen molar-refractivity contribution in [1.29, 1.82) is 0 Å². The standard InChI is InChI=1S/C27H37N5O4/c1-19-8-5-11-23(28-19)29-24(33)20-9-6-14-31(18-20)25(34)22-10-7-15-32(22)21-12-16-30(17-13-21)26(35)36-27(2,3)4/h5,7-8,10-11,15,20-21H,6,9,12-14,16-18H2,1-4H3,(H,28,29,33). The first kappa shape index (κ1) is 25.7. The Morgan fingerprint density at radius 2 is 1.75 bits per heavy atom. The molecule has 9 heteroatoms. The number of aromatic nitrogens is 2. The van der Waals surface area contributed by atoms with Gasteiger partial charge in [0.2, 0.25) is 5.91 Å². The van der Waals surface area contributed by atoms with Crippen LogP contribution in [-0.4, -0.2) is 69.0 Å². The second kappa shape index (κ2) is 10.7. The van der Waals surface area contributed by atoms with Crippen molar-refractivity contribution in [3.8, 4) is 0 Å². The molecule has 2 aromatic rings. The Labute approximate surface area is 212 Å². The molecule has 2 fully saturated rings.